The molecule has 2 heterocycles. The second-order valence-electron chi connectivity index (χ2n) is 2.28. The number of aromatic nitrogens is 4. The molecule has 5 nitrogen and oxygen atoms in total. The lowest BCUT2D eigenvalue weighted by Crippen LogP contribution is -1.99. The monoisotopic (exact) mass is 162 g/mol. The first-order valence-corrected chi connectivity index (χ1v) is 3.41. The molecule has 0 saturated heterocycles. The van der Waals surface area contributed by atoms with Crippen molar-refractivity contribution in [2.24, 2.45) is 0 Å². The molecule has 2 aromatic rings. The predicted octanol–water partition coefficient (Wildman–Crippen LogP) is 0.364. The van der Waals surface area contributed by atoms with Gasteiger partial charge in [0, 0.05) is 18.0 Å². The minimum Gasteiger partial charge on any atom is -0.367 e. The van der Waals surface area contributed by atoms with E-state index in [4.69, 9.17) is 0 Å². The summed E-state index contributed by atoms with van der Waals surface area (Å²) >= 11 is 0. The average Bonchev–Trinajstić information content (AvgIpc) is 2.77. The van der Waals surface area contributed by atoms with Gasteiger partial charge in [-0.2, -0.15) is 15.4 Å². The Morgan fingerprint density at radius 1 is 1.50 bits per heavy atom. The number of nitrogens with zero attached hydrogens (tertiary/aromatic N) is 2. The zero-order valence-corrected chi connectivity index (χ0v) is 6.11. The SMILES string of the molecule is O=C(c1cc[nH]c1)c1cn[nH]n1. The Bertz CT molecular complexity index is 326. The molecule has 0 aromatic carbocycles. The van der Waals surface area contributed by atoms with Gasteiger partial charge < -0.3 is 4.98 Å². The van der Waals surface area contributed by atoms with Crippen molar-refractivity contribution >= 4 is 5.78 Å². The first kappa shape index (κ1) is 6.78. The van der Waals surface area contributed by atoms with Crippen LogP contribution in [0.25, 0.3) is 0 Å². The van der Waals surface area contributed by atoms with Crippen LogP contribution in [0, 0.1) is 0 Å². The molecular formula is C7H6N4O. The van der Waals surface area contributed by atoms with Gasteiger partial charge >= 0.3 is 0 Å². The number of ketones is 1. The number of H-pyrrole nitrogens is 2. The number of rotatable bonds is 2. The van der Waals surface area contributed by atoms with E-state index in [-0.39, 0.29) is 5.78 Å². The molecular weight excluding hydrogens is 156 g/mol. The Morgan fingerprint density at radius 3 is 3.00 bits per heavy atom. The van der Waals surface area contributed by atoms with Gasteiger partial charge in [0.1, 0.15) is 0 Å². The summed E-state index contributed by atoms with van der Waals surface area (Å²) in [4.78, 5) is 14.2. The molecule has 60 valence electrons. The molecule has 0 unspecified atom stereocenters. The Morgan fingerprint density at radius 2 is 2.42 bits per heavy atom. The van der Waals surface area contributed by atoms with Crippen LogP contribution in [-0.2, 0) is 0 Å². The van der Waals surface area contributed by atoms with E-state index in [2.05, 4.69) is 20.4 Å². The molecule has 5 heteroatoms. The molecule has 0 spiro atoms. The van der Waals surface area contributed by atoms with Crippen molar-refractivity contribution in [2.45, 2.75) is 0 Å². The Hall–Kier alpha value is -1.91. The van der Waals surface area contributed by atoms with Gasteiger partial charge in [-0.15, -0.1) is 0 Å². The highest BCUT2D eigenvalue weighted by Gasteiger charge is 2.10. The van der Waals surface area contributed by atoms with E-state index in [0.29, 0.717) is 11.3 Å². The minimum absolute atomic E-state index is 0.134. The van der Waals surface area contributed by atoms with Gasteiger partial charge in [-0.25, -0.2) is 0 Å². The lowest BCUT2D eigenvalue weighted by Gasteiger charge is -1.87. The van der Waals surface area contributed by atoms with Crippen molar-refractivity contribution in [1.82, 2.24) is 20.4 Å². The summed E-state index contributed by atoms with van der Waals surface area (Å²) in [6.07, 6.45) is 4.71. The van der Waals surface area contributed by atoms with Crippen LogP contribution >= 0.6 is 0 Å². The summed E-state index contributed by atoms with van der Waals surface area (Å²) in [5.74, 6) is -0.134. The third kappa shape index (κ3) is 1.01. The first-order valence-electron chi connectivity index (χ1n) is 3.41. The number of aromatic amines is 2. The number of nitrogens with one attached hydrogen (secondary N) is 2. The van der Waals surface area contributed by atoms with E-state index in [9.17, 15) is 4.79 Å². The van der Waals surface area contributed by atoms with Gasteiger partial charge in [0.05, 0.1) is 6.20 Å². The lowest BCUT2D eigenvalue weighted by molar-refractivity contribution is 0.103. The zero-order chi connectivity index (χ0) is 8.39. The third-order valence-corrected chi connectivity index (χ3v) is 1.51. The summed E-state index contributed by atoms with van der Waals surface area (Å²) in [6.45, 7) is 0. The van der Waals surface area contributed by atoms with Crippen LogP contribution in [0.5, 0.6) is 0 Å². The van der Waals surface area contributed by atoms with Crippen molar-refractivity contribution in [3.8, 4) is 0 Å². The zero-order valence-electron chi connectivity index (χ0n) is 6.11. The van der Waals surface area contributed by atoms with Gasteiger partial charge in [-0.05, 0) is 6.07 Å². The lowest BCUT2D eigenvalue weighted by atomic mass is 10.2. The second kappa shape index (κ2) is 2.61. The van der Waals surface area contributed by atoms with E-state index >= 15 is 0 Å². The Labute approximate surface area is 67.8 Å². The summed E-state index contributed by atoms with van der Waals surface area (Å²) < 4.78 is 0. The summed E-state index contributed by atoms with van der Waals surface area (Å²) in [7, 11) is 0. The first-order chi connectivity index (χ1) is 5.88. The number of hydrogen-bond donors (Lipinski definition) is 2. The van der Waals surface area contributed by atoms with E-state index in [0.717, 1.165) is 0 Å². The molecule has 0 aliphatic carbocycles. The maximum absolute atomic E-state index is 11.4. The van der Waals surface area contributed by atoms with Gasteiger partial charge in [-0.1, -0.05) is 0 Å². The topological polar surface area (TPSA) is 74.4 Å². The van der Waals surface area contributed by atoms with Gasteiger partial charge in [-0.3, -0.25) is 4.79 Å². The van der Waals surface area contributed by atoms with E-state index in [1.54, 1.807) is 18.5 Å². The summed E-state index contributed by atoms with van der Waals surface area (Å²) in [5, 5.41) is 9.60. The van der Waals surface area contributed by atoms with E-state index in [1.165, 1.54) is 6.20 Å². The van der Waals surface area contributed by atoms with Gasteiger partial charge in [0.15, 0.2) is 5.69 Å². The molecule has 0 fully saturated rings. The van der Waals surface area contributed by atoms with Gasteiger partial charge in [0.25, 0.3) is 0 Å². The fourth-order valence-electron chi connectivity index (χ4n) is 0.924. The van der Waals surface area contributed by atoms with Crippen molar-refractivity contribution in [3.05, 3.63) is 35.9 Å². The molecule has 0 radical (unpaired) electrons. The van der Waals surface area contributed by atoms with E-state index < -0.39 is 0 Å². The normalized spacial score (nSPS) is 10.0. The standard InChI is InChI=1S/C7H6N4O/c12-7(5-1-2-8-3-5)6-4-9-11-10-6/h1-4,8H,(H,9,10,11). The fraction of sp³-hybridized carbons (Fsp3) is 0. The maximum atomic E-state index is 11.4. The molecule has 0 saturated carbocycles. The van der Waals surface area contributed by atoms with Crippen LogP contribution in [0.2, 0.25) is 0 Å². The smallest absolute Gasteiger partial charge is 0.216 e. The number of carbonyl (C=O) groups excluding carboxylic acids is 1. The third-order valence-electron chi connectivity index (χ3n) is 1.51. The van der Waals surface area contributed by atoms with Crippen molar-refractivity contribution < 1.29 is 4.79 Å². The van der Waals surface area contributed by atoms with Crippen LogP contribution in [0.1, 0.15) is 16.1 Å². The minimum atomic E-state index is -0.134. The van der Waals surface area contributed by atoms with Crippen LogP contribution in [0.15, 0.2) is 24.7 Å². The Kier molecular flexibility index (Phi) is 1.48. The number of carbonyl (C=O) groups is 1. The Balaban J connectivity index is 2.34. The van der Waals surface area contributed by atoms with Gasteiger partial charge in [0.2, 0.25) is 5.78 Å². The highest BCUT2D eigenvalue weighted by molar-refractivity contribution is 6.07. The molecule has 0 aliphatic heterocycles. The largest absolute Gasteiger partial charge is 0.367 e. The molecule has 0 aliphatic rings. The molecule has 12 heavy (non-hydrogen) atoms. The predicted molar refractivity (Wildman–Crippen MR) is 40.6 cm³/mol. The number of hydrogen-bond acceptors (Lipinski definition) is 3. The molecule has 0 amide bonds. The van der Waals surface area contributed by atoms with Crippen LogP contribution in [-0.4, -0.2) is 26.2 Å². The quantitative estimate of drug-likeness (QED) is 0.626. The molecule has 0 bridgehead atoms. The molecule has 2 N–H and O–H groups in total. The maximum Gasteiger partial charge on any atom is 0.216 e. The van der Waals surface area contributed by atoms with E-state index in [1.807, 2.05) is 0 Å². The summed E-state index contributed by atoms with van der Waals surface area (Å²) in [5.41, 5.74) is 0.915. The molecule has 0 atom stereocenters. The summed E-state index contributed by atoms with van der Waals surface area (Å²) in [6, 6.07) is 1.69. The highest BCUT2D eigenvalue weighted by Crippen LogP contribution is 2.03. The van der Waals surface area contributed by atoms with Crippen LogP contribution in [0.4, 0.5) is 0 Å². The van der Waals surface area contributed by atoms with Crippen molar-refractivity contribution in [2.75, 3.05) is 0 Å². The highest BCUT2D eigenvalue weighted by atomic mass is 16.1. The van der Waals surface area contributed by atoms with Crippen LogP contribution in [0.3, 0.4) is 0 Å². The fourth-order valence-corrected chi connectivity index (χ4v) is 0.924. The van der Waals surface area contributed by atoms with Crippen LogP contribution < -0.4 is 0 Å². The van der Waals surface area contributed by atoms with Crippen molar-refractivity contribution in [3.63, 3.8) is 0 Å². The average molecular weight is 162 g/mol. The molecule has 2 aromatic heterocycles. The van der Waals surface area contributed by atoms with Crippen molar-refractivity contribution in [1.29, 1.82) is 0 Å². The molecule has 2 rings (SSSR count). The second-order valence-corrected chi connectivity index (χ2v) is 2.28.